The van der Waals surface area contributed by atoms with Crippen LogP contribution in [-0.2, 0) is 9.47 Å². The number of nitrogens with zero attached hydrogens (tertiary/aromatic N) is 4. The van der Waals surface area contributed by atoms with Gasteiger partial charge in [-0.3, -0.25) is 0 Å². The molecule has 4 atom stereocenters. The van der Waals surface area contributed by atoms with Crippen molar-refractivity contribution in [2.45, 2.75) is 36.9 Å². The van der Waals surface area contributed by atoms with Gasteiger partial charge in [-0.15, -0.1) is 0 Å². The zero-order chi connectivity index (χ0) is 19.4. The van der Waals surface area contributed by atoms with E-state index < -0.39 is 0 Å². The number of hydrogen-bond acceptors (Lipinski definition) is 6. The second kappa shape index (κ2) is 6.05. The van der Waals surface area contributed by atoms with Crippen molar-refractivity contribution in [2.75, 3.05) is 13.2 Å². The molecule has 6 nitrogen and oxygen atoms in total. The fourth-order valence-corrected chi connectivity index (χ4v) is 5.04. The highest BCUT2D eigenvalue weighted by Crippen LogP contribution is 2.56. The molecule has 4 unspecified atom stereocenters. The third-order valence-corrected chi connectivity index (χ3v) is 6.16. The molecule has 0 saturated carbocycles. The van der Waals surface area contributed by atoms with Crippen LogP contribution in [0.5, 0.6) is 0 Å². The zero-order valence-corrected chi connectivity index (χ0v) is 14.9. The maximum atomic E-state index is 9.48. The molecule has 2 saturated heterocycles. The molecule has 134 valence electrons. The molecule has 0 amide bonds. The van der Waals surface area contributed by atoms with E-state index in [1.54, 1.807) is 12.1 Å². The summed E-state index contributed by atoms with van der Waals surface area (Å²) in [5.41, 5.74) is 4.43. The van der Waals surface area contributed by atoms with E-state index in [1.165, 1.54) is 11.1 Å². The number of epoxide rings is 2. The Morgan fingerprint density at radius 1 is 0.714 bits per heavy atom. The molecular weight excluding hydrogens is 352 g/mol. The van der Waals surface area contributed by atoms with Gasteiger partial charge in [-0.25, -0.2) is 0 Å². The number of ether oxygens (including phenoxy) is 2. The molecule has 2 fully saturated rings. The third-order valence-electron chi connectivity index (χ3n) is 6.16. The molecule has 2 bridgehead atoms. The van der Waals surface area contributed by atoms with E-state index in [1.807, 2.05) is 24.3 Å². The van der Waals surface area contributed by atoms with Gasteiger partial charge in [0.25, 0.3) is 0 Å². The highest BCUT2D eigenvalue weighted by atomic mass is 16.6. The smallest absolute Gasteiger partial charge is 0.137 e. The van der Waals surface area contributed by atoms with Crippen LogP contribution in [0.3, 0.4) is 0 Å². The number of hydrogen-bond donors (Lipinski definition) is 0. The van der Waals surface area contributed by atoms with Crippen LogP contribution in [0.1, 0.15) is 35.8 Å². The summed E-state index contributed by atoms with van der Waals surface area (Å²) in [7, 11) is 0. The van der Waals surface area contributed by atoms with Gasteiger partial charge in [0.1, 0.15) is 47.6 Å². The van der Waals surface area contributed by atoms with Gasteiger partial charge in [-0.1, -0.05) is 12.1 Å². The molecular formula is C22H14N4O2. The Kier molecular flexibility index (Phi) is 3.61. The average molecular weight is 366 g/mol. The second-order valence-electron chi connectivity index (χ2n) is 7.42. The summed E-state index contributed by atoms with van der Waals surface area (Å²) < 4.78 is 11.3. The van der Waals surface area contributed by atoms with E-state index in [4.69, 9.17) is 9.47 Å². The Morgan fingerprint density at radius 3 is 1.36 bits per heavy atom. The number of nitriles is 4. The normalized spacial score (nSPS) is 28.3. The predicted octanol–water partition coefficient (Wildman–Crippen LogP) is 1.15. The summed E-state index contributed by atoms with van der Waals surface area (Å²) in [6.45, 7) is 1.36. The number of fused-ring (bicyclic) bond motifs is 1. The van der Waals surface area contributed by atoms with Crippen LogP contribution in [-0.4, -0.2) is 25.4 Å². The van der Waals surface area contributed by atoms with Crippen LogP contribution in [0.15, 0.2) is 23.3 Å². The van der Waals surface area contributed by atoms with Crippen LogP contribution in [0.25, 0.3) is 11.1 Å². The lowest BCUT2D eigenvalue weighted by Crippen LogP contribution is -2.39. The molecule has 28 heavy (non-hydrogen) atoms. The Balaban J connectivity index is 1.93. The summed E-state index contributed by atoms with van der Waals surface area (Å²) in [5, 5.41) is 39.2. The molecule has 0 aromatic heterocycles. The van der Waals surface area contributed by atoms with Crippen molar-refractivity contribution in [1.29, 1.82) is 21.0 Å². The van der Waals surface area contributed by atoms with E-state index >= 15 is 0 Å². The molecule has 6 rings (SSSR count). The minimum Gasteiger partial charge on any atom is -0.368 e. The van der Waals surface area contributed by atoms with Gasteiger partial charge in [0.05, 0.1) is 13.2 Å². The minimum atomic E-state index is 0.0250. The highest BCUT2D eigenvalue weighted by molar-refractivity contribution is 5.78. The summed E-state index contributed by atoms with van der Waals surface area (Å²) in [5.74, 6) is 0.0500. The zero-order valence-electron chi connectivity index (χ0n) is 14.9. The first-order chi connectivity index (χ1) is 13.7. The molecule has 5 aliphatic rings. The first-order valence-electron chi connectivity index (χ1n) is 9.22. The lowest BCUT2D eigenvalue weighted by molar-refractivity contribution is 0.370. The Morgan fingerprint density at radius 2 is 1.07 bits per heavy atom. The van der Waals surface area contributed by atoms with Gasteiger partial charge >= 0.3 is 0 Å². The van der Waals surface area contributed by atoms with Crippen molar-refractivity contribution >= 4 is 11.1 Å². The van der Waals surface area contributed by atoms with E-state index in [2.05, 4.69) is 0 Å². The van der Waals surface area contributed by atoms with Gasteiger partial charge in [-0.2, -0.15) is 21.0 Å². The van der Waals surface area contributed by atoms with E-state index in [0.717, 1.165) is 24.0 Å². The van der Waals surface area contributed by atoms with Gasteiger partial charge in [0, 0.05) is 22.3 Å². The molecule has 0 N–H and O–H groups in total. The van der Waals surface area contributed by atoms with Gasteiger partial charge in [0.15, 0.2) is 0 Å². The Hall–Kier alpha value is -3.42. The lowest BCUT2D eigenvalue weighted by Gasteiger charge is -2.42. The fraction of sp³-hybridized carbons (Fsp3) is 0.364. The van der Waals surface area contributed by atoms with Crippen LogP contribution in [0, 0.1) is 45.3 Å². The van der Waals surface area contributed by atoms with Crippen molar-refractivity contribution in [3.8, 4) is 24.3 Å². The monoisotopic (exact) mass is 366 g/mol. The number of rotatable bonds is 2. The van der Waals surface area contributed by atoms with E-state index in [9.17, 15) is 21.0 Å². The molecule has 0 radical (unpaired) electrons. The van der Waals surface area contributed by atoms with Crippen molar-refractivity contribution in [1.82, 2.24) is 0 Å². The van der Waals surface area contributed by atoms with Gasteiger partial charge in [0.2, 0.25) is 0 Å². The number of benzene rings is 1. The summed E-state index contributed by atoms with van der Waals surface area (Å²) in [6.07, 6.45) is 1.94. The van der Waals surface area contributed by atoms with Crippen LogP contribution in [0.2, 0.25) is 0 Å². The van der Waals surface area contributed by atoms with Crippen LogP contribution < -0.4 is 10.4 Å². The van der Waals surface area contributed by atoms with Crippen LogP contribution in [0.4, 0.5) is 0 Å². The van der Waals surface area contributed by atoms with Crippen molar-refractivity contribution < 1.29 is 9.47 Å². The SMILES string of the molecule is N#CC(C#N)=c1ccc(=C(C#N)C#N)c2c1C1CCC2C(C2CO2)=C1C1CO1. The van der Waals surface area contributed by atoms with Crippen molar-refractivity contribution in [3.05, 3.63) is 44.8 Å². The molecule has 6 heteroatoms. The molecule has 2 heterocycles. The van der Waals surface area contributed by atoms with E-state index in [-0.39, 0.29) is 35.2 Å². The summed E-state index contributed by atoms with van der Waals surface area (Å²) in [6, 6.07) is 11.5. The Labute approximate surface area is 161 Å². The molecule has 1 aromatic rings. The molecule has 3 aliphatic carbocycles. The van der Waals surface area contributed by atoms with Gasteiger partial charge < -0.3 is 9.47 Å². The Bertz CT molecular complexity index is 1110. The average Bonchev–Trinajstić information content (AvgIpc) is 3.64. The highest BCUT2D eigenvalue weighted by Gasteiger charge is 2.50. The van der Waals surface area contributed by atoms with E-state index in [0.29, 0.717) is 23.7 Å². The van der Waals surface area contributed by atoms with Gasteiger partial charge in [-0.05, 0) is 35.1 Å². The third kappa shape index (κ3) is 2.24. The maximum Gasteiger partial charge on any atom is 0.137 e. The largest absolute Gasteiger partial charge is 0.368 e. The summed E-state index contributed by atoms with van der Waals surface area (Å²) >= 11 is 0. The van der Waals surface area contributed by atoms with Crippen molar-refractivity contribution in [2.24, 2.45) is 0 Å². The van der Waals surface area contributed by atoms with Crippen molar-refractivity contribution in [3.63, 3.8) is 0 Å². The fourth-order valence-electron chi connectivity index (χ4n) is 5.04. The van der Waals surface area contributed by atoms with Crippen LogP contribution >= 0.6 is 0 Å². The lowest BCUT2D eigenvalue weighted by atomic mass is 9.61. The first kappa shape index (κ1) is 16.7. The quantitative estimate of drug-likeness (QED) is 0.572. The molecule has 1 aromatic carbocycles. The summed E-state index contributed by atoms with van der Waals surface area (Å²) in [4.78, 5) is 0. The molecule has 2 aliphatic heterocycles. The topological polar surface area (TPSA) is 120 Å². The molecule has 0 spiro atoms. The first-order valence-corrected chi connectivity index (χ1v) is 9.22. The predicted molar refractivity (Wildman–Crippen MR) is 96.2 cm³/mol. The maximum absolute atomic E-state index is 9.48. The minimum absolute atomic E-state index is 0.0250. The standard InChI is InChI=1S/C22H14N4O2/c23-5-11(6-24)13-1-2-14(12(7-25)8-26)20-16-4-3-15(19(13)20)21(17-9-27-17)22(16)18-10-28-18/h1-2,15-18H,3-4,9-10H2. The second-order valence-corrected chi connectivity index (χ2v) is 7.42.